The smallest absolute Gasteiger partial charge is 0.0995 e. The Kier molecular flexibility index (Phi) is 2.66. The van der Waals surface area contributed by atoms with Crippen molar-refractivity contribution in [3.63, 3.8) is 0 Å². The average molecular weight is 248 g/mol. The Morgan fingerprint density at radius 1 is 1.21 bits per heavy atom. The summed E-state index contributed by atoms with van der Waals surface area (Å²) in [5, 5.41) is 14.5. The van der Waals surface area contributed by atoms with Crippen molar-refractivity contribution in [2.24, 2.45) is 0 Å². The van der Waals surface area contributed by atoms with Gasteiger partial charge in [0.25, 0.3) is 0 Å². The molecule has 3 rings (SSSR count). The van der Waals surface area contributed by atoms with Gasteiger partial charge in [-0.2, -0.15) is 10.4 Å². The first kappa shape index (κ1) is 11.3. The highest BCUT2D eigenvalue weighted by molar-refractivity contribution is 5.82. The fourth-order valence-electron chi connectivity index (χ4n) is 2.16. The molecule has 0 saturated heterocycles. The van der Waals surface area contributed by atoms with Gasteiger partial charge in [0.2, 0.25) is 0 Å². The van der Waals surface area contributed by atoms with E-state index >= 15 is 0 Å². The lowest BCUT2D eigenvalue weighted by atomic mass is 10.1. The lowest BCUT2D eigenvalue weighted by molar-refractivity contribution is 0.711. The number of rotatable bonds is 2. The Hall–Kier alpha value is -2.80. The van der Waals surface area contributed by atoms with Crippen LogP contribution in [0.15, 0.2) is 48.7 Å². The van der Waals surface area contributed by atoms with Crippen LogP contribution >= 0.6 is 0 Å². The van der Waals surface area contributed by atoms with Crippen molar-refractivity contribution in [2.45, 2.75) is 6.54 Å². The molecule has 0 aliphatic heterocycles. The van der Waals surface area contributed by atoms with Crippen molar-refractivity contribution in [3.8, 4) is 6.07 Å². The molecule has 1 aromatic heterocycles. The van der Waals surface area contributed by atoms with Crippen molar-refractivity contribution in [1.29, 1.82) is 5.26 Å². The molecule has 0 aliphatic rings. The summed E-state index contributed by atoms with van der Waals surface area (Å²) in [5.74, 6) is 0. The minimum Gasteiger partial charge on any atom is -0.399 e. The van der Waals surface area contributed by atoms with E-state index in [0.717, 1.165) is 22.2 Å². The van der Waals surface area contributed by atoms with Gasteiger partial charge < -0.3 is 5.73 Å². The number of fused-ring (bicyclic) bond motifs is 1. The van der Waals surface area contributed by atoms with Crippen molar-refractivity contribution in [2.75, 3.05) is 5.73 Å². The Morgan fingerprint density at radius 3 is 2.89 bits per heavy atom. The van der Waals surface area contributed by atoms with Crippen LogP contribution in [0.5, 0.6) is 0 Å². The number of nitriles is 1. The van der Waals surface area contributed by atoms with E-state index in [9.17, 15) is 0 Å². The molecule has 0 unspecified atom stereocenters. The molecule has 0 fully saturated rings. The molecule has 1 heterocycles. The Morgan fingerprint density at radius 2 is 2.05 bits per heavy atom. The second-order valence-corrected chi connectivity index (χ2v) is 4.39. The maximum absolute atomic E-state index is 9.10. The largest absolute Gasteiger partial charge is 0.399 e. The minimum absolute atomic E-state index is 0.581. The Bertz CT molecular complexity index is 780. The van der Waals surface area contributed by atoms with E-state index in [0.29, 0.717) is 12.1 Å². The van der Waals surface area contributed by atoms with Crippen LogP contribution in [0.3, 0.4) is 0 Å². The molecular weight excluding hydrogens is 236 g/mol. The van der Waals surface area contributed by atoms with Crippen LogP contribution in [0.1, 0.15) is 11.1 Å². The van der Waals surface area contributed by atoms with E-state index in [2.05, 4.69) is 11.2 Å². The molecule has 0 amide bonds. The van der Waals surface area contributed by atoms with Crippen molar-refractivity contribution < 1.29 is 0 Å². The predicted octanol–water partition coefficient (Wildman–Crippen LogP) is 2.54. The van der Waals surface area contributed by atoms with Gasteiger partial charge >= 0.3 is 0 Å². The summed E-state index contributed by atoms with van der Waals surface area (Å²) in [6, 6.07) is 15.5. The molecule has 0 bridgehead atoms. The van der Waals surface area contributed by atoms with Gasteiger partial charge in [0, 0.05) is 11.1 Å². The van der Waals surface area contributed by atoms with Crippen LogP contribution in [0.2, 0.25) is 0 Å². The number of nitrogen functional groups attached to an aromatic ring is 1. The number of aromatic nitrogens is 2. The summed E-state index contributed by atoms with van der Waals surface area (Å²) in [4.78, 5) is 0. The standard InChI is InChI=1S/C15H12N4/c16-8-11-3-1-2-4-12(11)10-19-15-6-5-14(17)7-13(15)9-18-19/h1-7,9H,10,17H2. The van der Waals surface area contributed by atoms with Crippen LogP contribution in [0, 0.1) is 11.3 Å². The molecule has 4 heteroatoms. The number of nitrogens with two attached hydrogens (primary N) is 1. The number of benzene rings is 2. The normalized spacial score (nSPS) is 10.5. The summed E-state index contributed by atoms with van der Waals surface area (Å²) in [6.07, 6.45) is 1.79. The van der Waals surface area contributed by atoms with Gasteiger partial charge in [0.15, 0.2) is 0 Å². The fraction of sp³-hybridized carbons (Fsp3) is 0.0667. The van der Waals surface area contributed by atoms with E-state index < -0.39 is 0 Å². The maximum Gasteiger partial charge on any atom is 0.0995 e. The summed E-state index contributed by atoms with van der Waals surface area (Å²) in [5.41, 5.74) is 9.14. The minimum atomic E-state index is 0.581. The van der Waals surface area contributed by atoms with Crippen LogP contribution in [0.4, 0.5) is 5.69 Å². The van der Waals surface area contributed by atoms with E-state index in [-0.39, 0.29) is 0 Å². The summed E-state index contributed by atoms with van der Waals surface area (Å²) >= 11 is 0. The molecule has 2 aromatic carbocycles. The maximum atomic E-state index is 9.10. The third kappa shape index (κ3) is 2.02. The first-order valence-corrected chi connectivity index (χ1v) is 5.97. The van der Waals surface area contributed by atoms with Crippen LogP contribution in [0.25, 0.3) is 10.9 Å². The zero-order valence-electron chi connectivity index (χ0n) is 10.2. The SMILES string of the molecule is N#Cc1ccccc1Cn1ncc2cc(N)ccc21. The zero-order chi connectivity index (χ0) is 13.2. The first-order valence-electron chi connectivity index (χ1n) is 5.97. The van der Waals surface area contributed by atoms with Gasteiger partial charge in [-0.3, -0.25) is 4.68 Å². The summed E-state index contributed by atoms with van der Waals surface area (Å²) in [6.45, 7) is 0.581. The lowest BCUT2D eigenvalue weighted by Gasteiger charge is -2.05. The molecule has 0 aliphatic carbocycles. The summed E-state index contributed by atoms with van der Waals surface area (Å²) in [7, 11) is 0. The van der Waals surface area contributed by atoms with Crippen LogP contribution < -0.4 is 5.73 Å². The van der Waals surface area contributed by atoms with Crippen molar-refractivity contribution in [1.82, 2.24) is 9.78 Å². The molecule has 4 nitrogen and oxygen atoms in total. The van der Waals surface area contributed by atoms with E-state index in [1.165, 1.54) is 0 Å². The predicted molar refractivity (Wildman–Crippen MR) is 74.4 cm³/mol. The monoisotopic (exact) mass is 248 g/mol. The second-order valence-electron chi connectivity index (χ2n) is 4.39. The zero-order valence-corrected chi connectivity index (χ0v) is 10.2. The molecule has 0 saturated carbocycles. The molecule has 0 spiro atoms. The molecule has 0 radical (unpaired) electrons. The number of hydrogen-bond acceptors (Lipinski definition) is 3. The average Bonchev–Trinajstić information content (AvgIpc) is 2.82. The molecular formula is C15H12N4. The molecule has 19 heavy (non-hydrogen) atoms. The number of anilines is 1. The van der Waals surface area contributed by atoms with Crippen LogP contribution in [-0.4, -0.2) is 9.78 Å². The topological polar surface area (TPSA) is 67.6 Å². The van der Waals surface area contributed by atoms with Gasteiger partial charge in [0.1, 0.15) is 0 Å². The van der Waals surface area contributed by atoms with Gasteiger partial charge in [-0.25, -0.2) is 0 Å². The molecule has 2 N–H and O–H groups in total. The number of nitrogens with zero attached hydrogens (tertiary/aromatic N) is 3. The highest BCUT2D eigenvalue weighted by atomic mass is 15.3. The first-order chi connectivity index (χ1) is 9.28. The molecule has 92 valence electrons. The van der Waals surface area contributed by atoms with E-state index in [4.69, 9.17) is 11.0 Å². The quantitative estimate of drug-likeness (QED) is 0.708. The highest BCUT2D eigenvalue weighted by Gasteiger charge is 2.06. The Balaban J connectivity index is 2.04. The lowest BCUT2D eigenvalue weighted by Crippen LogP contribution is -2.03. The third-order valence-electron chi connectivity index (χ3n) is 3.12. The van der Waals surface area contributed by atoms with Gasteiger partial charge in [-0.15, -0.1) is 0 Å². The van der Waals surface area contributed by atoms with E-state index in [1.54, 1.807) is 6.20 Å². The van der Waals surface area contributed by atoms with E-state index in [1.807, 2.05) is 47.1 Å². The van der Waals surface area contributed by atoms with Crippen molar-refractivity contribution in [3.05, 3.63) is 59.8 Å². The second kappa shape index (κ2) is 4.46. The Labute approximate surface area is 110 Å². The highest BCUT2D eigenvalue weighted by Crippen LogP contribution is 2.19. The number of hydrogen-bond donors (Lipinski definition) is 1. The van der Waals surface area contributed by atoms with Crippen molar-refractivity contribution >= 4 is 16.6 Å². The third-order valence-corrected chi connectivity index (χ3v) is 3.12. The molecule has 3 aromatic rings. The summed E-state index contributed by atoms with van der Waals surface area (Å²) < 4.78 is 1.88. The van der Waals surface area contributed by atoms with Gasteiger partial charge in [-0.1, -0.05) is 18.2 Å². The van der Waals surface area contributed by atoms with Gasteiger partial charge in [-0.05, 0) is 29.8 Å². The van der Waals surface area contributed by atoms with Crippen LogP contribution in [-0.2, 0) is 6.54 Å². The fourth-order valence-corrected chi connectivity index (χ4v) is 2.16. The molecule has 0 atom stereocenters. The van der Waals surface area contributed by atoms with Gasteiger partial charge in [0.05, 0.1) is 29.9 Å².